The fourth-order valence-electron chi connectivity index (χ4n) is 2.93. The lowest BCUT2D eigenvalue weighted by Crippen LogP contribution is -2.20. The van der Waals surface area contributed by atoms with E-state index < -0.39 is 0 Å². The van der Waals surface area contributed by atoms with Crippen LogP contribution in [0.1, 0.15) is 30.5 Å². The van der Waals surface area contributed by atoms with Crippen LogP contribution >= 0.6 is 0 Å². The third-order valence-electron chi connectivity index (χ3n) is 4.11. The zero-order valence-corrected chi connectivity index (χ0v) is 14.9. The van der Waals surface area contributed by atoms with Gasteiger partial charge in [0.25, 0.3) is 0 Å². The first-order valence-electron chi connectivity index (χ1n) is 8.72. The van der Waals surface area contributed by atoms with E-state index >= 15 is 0 Å². The first-order chi connectivity index (χ1) is 12.5. The topological polar surface area (TPSA) is 47.6 Å². The Kier molecular flexibility index (Phi) is 5.56. The van der Waals surface area contributed by atoms with Gasteiger partial charge < -0.3 is 14.8 Å². The van der Waals surface area contributed by atoms with Crippen molar-refractivity contribution in [3.63, 3.8) is 0 Å². The smallest absolute Gasteiger partial charge is 0.244 e. The van der Waals surface area contributed by atoms with Gasteiger partial charge >= 0.3 is 0 Å². The Labute approximate surface area is 152 Å². The molecule has 0 aliphatic carbocycles. The summed E-state index contributed by atoms with van der Waals surface area (Å²) in [6, 6.07) is 10.00. The number of carbonyl (C=O) groups is 1. The van der Waals surface area contributed by atoms with E-state index in [2.05, 4.69) is 5.32 Å². The molecule has 0 unspecified atom stereocenters. The van der Waals surface area contributed by atoms with Crippen LogP contribution in [0.3, 0.4) is 0 Å². The highest BCUT2D eigenvalue weighted by atomic mass is 19.1. The summed E-state index contributed by atoms with van der Waals surface area (Å²) in [6.45, 7) is 4.83. The van der Waals surface area contributed by atoms with Gasteiger partial charge in [0, 0.05) is 30.2 Å². The largest absolute Gasteiger partial charge is 0.494 e. The second-order valence-corrected chi connectivity index (χ2v) is 6.24. The van der Waals surface area contributed by atoms with E-state index in [-0.39, 0.29) is 17.8 Å². The minimum atomic E-state index is -0.332. The van der Waals surface area contributed by atoms with Crippen LogP contribution in [-0.2, 0) is 17.8 Å². The number of hydrogen-bond donors (Lipinski definition) is 1. The van der Waals surface area contributed by atoms with Gasteiger partial charge in [-0.3, -0.25) is 4.79 Å². The van der Waals surface area contributed by atoms with Crippen molar-refractivity contribution in [1.29, 1.82) is 0 Å². The third kappa shape index (κ3) is 4.42. The molecule has 0 spiro atoms. The molecule has 2 aromatic rings. The lowest BCUT2D eigenvalue weighted by molar-refractivity contribution is -0.116. The van der Waals surface area contributed by atoms with E-state index in [1.54, 1.807) is 18.2 Å². The van der Waals surface area contributed by atoms with Crippen LogP contribution in [0.4, 0.5) is 4.39 Å². The highest BCUT2D eigenvalue weighted by Gasteiger charge is 2.21. The van der Waals surface area contributed by atoms with Crippen molar-refractivity contribution in [2.24, 2.45) is 0 Å². The number of benzene rings is 2. The van der Waals surface area contributed by atoms with Crippen LogP contribution in [0, 0.1) is 5.82 Å². The van der Waals surface area contributed by atoms with Gasteiger partial charge in [0.1, 0.15) is 23.4 Å². The molecule has 0 saturated heterocycles. The predicted molar refractivity (Wildman–Crippen MR) is 98.7 cm³/mol. The molecule has 1 heterocycles. The maximum absolute atomic E-state index is 13.2. The number of amides is 1. The zero-order chi connectivity index (χ0) is 18.5. The summed E-state index contributed by atoms with van der Waals surface area (Å²) >= 11 is 0. The number of rotatable bonds is 6. The molecule has 1 aliphatic heterocycles. The number of hydrogen-bond acceptors (Lipinski definition) is 3. The van der Waals surface area contributed by atoms with Crippen LogP contribution in [-0.4, -0.2) is 18.6 Å². The molecule has 0 bridgehead atoms. The SMILES string of the molecule is CCOc1cc2c(cc1CNC(=O)/C=C/c1cccc(F)c1)O[C@H](C)C2. The second kappa shape index (κ2) is 8.04. The van der Waals surface area contributed by atoms with Crippen LogP contribution in [0.2, 0.25) is 0 Å². The minimum absolute atomic E-state index is 0.151. The molecule has 1 amide bonds. The first kappa shape index (κ1) is 18.0. The lowest BCUT2D eigenvalue weighted by atomic mass is 10.1. The van der Waals surface area contributed by atoms with Crippen molar-refractivity contribution >= 4 is 12.0 Å². The molecule has 5 heteroatoms. The quantitative estimate of drug-likeness (QED) is 0.800. The van der Waals surface area contributed by atoms with Gasteiger partial charge in [-0.15, -0.1) is 0 Å². The number of carbonyl (C=O) groups excluding carboxylic acids is 1. The monoisotopic (exact) mass is 355 g/mol. The molecule has 0 aromatic heterocycles. The maximum atomic E-state index is 13.2. The van der Waals surface area contributed by atoms with Gasteiger partial charge in [0.2, 0.25) is 5.91 Å². The van der Waals surface area contributed by atoms with E-state index in [1.807, 2.05) is 26.0 Å². The van der Waals surface area contributed by atoms with Gasteiger partial charge in [-0.1, -0.05) is 12.1 Å². The van der Waals surface area contributed by atoms with Gasteiger partial charge in [-0.2, -0.15) is 0 Å². The number of nitrogens with one attached hydrogen (secondary N) is 1. The Morgan fingerprint density at radius 1 is 1.38 bits per heavy atom. The van der Waals surface area contributed by atoms with Crippen molar-refractivity contribution in [3.8, 4) is 11.5 Å². The van der Waals surface area contributed by atoms with Gasteiger partial charge in [-0.05, 0) is 49.8 Å². The molecule has 1 atom stereocenters. The predicted octanol–water partition coefficient (Wildman–Crippen LogP) is 3.88. The Morgan fingerprint density at radius 2 is 2.23 bits per heavy atom. The number of halogens is 1. The Bertz CT molecular complexity index is 832. The lowest BCUT2D eigenvalue weighted by Gasteiger charge is -2.13. The molecular weight excluding hydrogens is 333 g/mol. The van der Waals surface area contributed by atoms with E-state index in [1.165, 1.54) is 18.2 Å². The highest BCUT2D eigenvalue weighted by molar-refractivity contribution is 5.91. The molecule has 0 radical (unpaired) electrons. The van der Waals surface area contributed by atoms with Crippen molar-refractivity contribution in [1.82, 2.24) is 5.32 Å². The fraction of sp³-hybridized carbons (Fsp3) is 0.286. The van der Waals surface area contributed by atoms with Crippen LogP contribution in [0.5, 0.6) is 11.5 Å². The minimum Gasteiger partial charge on any atom is -0.494 e. The third-order valence-corrected chi connectivity index (χ3v) is 4.11. The van der Waals surface area contributed by atoms with Crippen molar-refractivity contribution in [3.05, 3.63) is 65.0 Å². The average molecular weight is 355 g/mol. The summed E-state index contributed by atoms with van der Waals surface area (Å²) in [5, 5.41) is 2.83. The van der Waals surface area contributed by atoms with Gasteiger partial charge in [0.15, 0.2) is 0 Å². The average Bonchev–Trinajstić information content (AvgIpc) is 2.97. The number of ether oxygens (including phenoxy) is 2. The van der Waals surface area contributed by atoms with E-state index in [0.29, 0.717) is 18.7 Å². The molecule has 3 rings (SSSR count). The summed E-state index contributed by atoms with van der Waals surface area (Å²) in [7, 11) is 0. The van der Waals surface area contributed by atoms with E-state index in [9.17, 15) is 9.18 Å². The van der Waals surface area contributed by atoms with Crippen molar-refractivity contribution in [2.45, 2.75) is 32.9 Å². The van der Waals surface area contributed by atoms with Crippen LogP contribution < -0.4 is 14.8 Å². The summed E-state index contributed by atoms with van der Waals surface area (Å²) < 4.78 is 24.6. The summed E-state index contributed by atoms with van der Waals surface area (Å²) in [5.74, 6) is 1.02. The van der Waals surface area contributed by atoms with Gasteiger partial charge in [-0.25, -0.2) is 4.39 Å². The maximum Gasteiger partial charge on any atom is 0.244 e. The molecule has 4 nitrogen and oxygen atoms in total. The van der Waals surface area contributed by atoms with Crippen molar-refractivity contribution < 1.29 is 18.7 Å². The summed E-state index contributed by atoms with van der Waals surface area (Å²) in [5.41, 5.74) is 2.63. The van der Waals surface area contributed by atoms with E-state index in [4.69, 9.17) is 9.47 Å². The fourth-order valence-corrected chi connectivity index (χ4v) is 2.93. The molecule has 0 fully saturated rings. The standard InChI is InChI=1S/C21H22FNO3/c1-3-25-19-11-16-9-14(2)26-20(16)12-17(19)13-23-21(24)8-7-15-5-4-6-18(22)10-15/h4-8,10-12,14H,3,9,13H2,1-2H3,(H,23,24)/b8-7+/t14-/m1/s1. The second-order valence-electron chi connectivity index (χ2n) is 6.24. The van der Waals surface area contributed by atoms with Crippen LogP contribution in [0.15, 0.2) is 42.5 Å². The molecule has 1 N–H and O–H groups in total. The molecular formula is C21H22FNO3. The zero-order valence-electron chi connectivity index (χ0n) is 14.9. The number of fused-ring (bicyclic) bond motifs is 1. The molecule has 136 valence electrons. The molecule has 1 aliphatic rings. The Hall–Kier alpha value is -2.82. The summed E-state index contributed by atoms with van der Waals surface area (Å²) in [6.07, 6.45) is 3.98. The Balaban J connectivity index is 1.67. The normalized spacial score (nSPS) is 15.6. The van der Waals surface area contributed by atoms with Gasteiger partial charge in [0.05, 0.1) is 6.61 Å². The summed E-state index contributed by atoms with van der Waals surface area (Å²) in [4.78, 5) is 12.1. The molecule has 2 aromatic carbocycles. The van der Waals surface area contributed by atoms with E-state index in [0.717, 1.165) is 29.0 Å². The molecule has 26 heavy (non-hydrogen) atoms. The first-order valence-corrected chi connectivity index (χ1v) is 8.72. The van der Waals surface area contributed by atoms with Crippen LogP contribution in [0.25, 0.3) is 6.08 Å². The van der Waals surface area contributed by atoms with Crippen molar-refractivity contribution in [2.75, 3.05) is 6.61 Å². The highest BCUT2D eigenvalue weighted by Crippen LogP contribution is 2.35. The Morgan fingerprint density at radius 3 is 3.00 bits per heavy atom. The molecule has 0 saturated carbocycles.